The van der Waals surface area contributed by atoms with Gasteiger partial charge in [-0.05, 0) is 101 Å². The third-order valence-corrected chi connectivity index (χ3v) is 11.7. The van der Waals surface area contributed by atoms with Crippen LogP contribution < -0.4 is 9.47 Å². The van der Waals surface area contributed by atoms with Crippen molar-refractivity contribution in [2.24, 2.45) is 0 Å². The molecule has 4 aliphatic heterocycles. The van der Waals surface area contributed by atoms with Gasteiger partial charge in [0.25, 0.3) is 11.8 Å². The van der Waals surface area contributed by atoms with E-state index in [0.717, 1.165) is 60.4 Å². The second-order valence-corrected chi connectivity index (χ2v) is 15.0. The van der Waals surface area contributed by atoms with Crippen molar-refractivity contribution in [3.63, 3.8) is 0 Å². The lowest BCUT2D eigenvalue weighted by molar-refractivity contribution is 0.0139. The molecule has 10 heteroatoms. The Morgan fingerprint density at radius 2 is 0.920 bits per heavy atom. The number of likely N-dealkylation sites (tertiary alicyclic amines) is 2. The predicted molar refractivity (Wildman–Crippen MR) is 192 cm³/mol. The van der Waals surface area contributed by atoms with Gasteiger partial charge < -0.3 is 28.7 Å². The third-order valence-electron chi connectivity index (χ3n) is 11.7. The van der Waals surface area contributed by atoms with Gasteiger partial charge >= 0.3 is 0 Å². The average Bonchev–Trinajstić information content (AvgIpc) is 3.75. The molecular formula is C40H56N4O6. The Morgan fingerprint density at radius 3 is 1.24 bits per heavy atom. The van der Waals surface area contributed by atoms with Crippen LogP contribution in [0.4, 0.5) is 0 Å². The lowest BCUT2D eigenvalue weighted by Crippen LogP contribution is -2.50. The standard InChI is InChI=1S/2C20H28N2O3/c2*1-15-3-2-8-22(15)17-13-19(14-17)25-18-6-4-16(5-7-18)20(23)21-9-11-24-12-10-21/h2*4-7,15,17,19H,2-3,8-14H2,1H3/t2*15-,17-,19-/m10/s1. The smallest absolute Gasteiger partial charge is 0.254 e. The fourth-order valence-corrected chi connectivity index (χ4v) is 8.44. The molecule has 0 bridgehead atoms. The van der Waals surface area contributed by atoms with Crippen molar-refractivity contribution in [2.45, 2.75) is 102 Å². The number of carbonyl (C=O) groups is 2. The summed E-state index contributed by atoms with van der Waals surface area (Å²) in [7, 11) is 0. The number of ether oxygens (including phenoxy) is 4. The number of benzene rings is 2. The molecule has 2 atom stereocenters. The van der Waals surface area contributed by atoms with E-state index in [1.807, 2.05) is 58.3 Å². The highest BCUT2D eigenvalue weighted by Crippen LogP contribution is 2.35. The molecule has 4 saturated heterocycles. The van der Waals surface area contributed by atoms with Crippen molar-refractivity contribution in [3.05, 3.63) is 59.7 Å². The van der Waals surface area contributed by atoms with Crippen molar-refractivity contribution >= 4 is 11.8 Å². The van der Waals surface area contributed by atoms with E-state index in [-0.39, 0.29) is 11.8 Å². The lowest BCUT2D eigenvalue weighted by Gasteiger charge is -2.42. The first-order chi connectivity index (χ1) is 24.4. The summed E-state index contributed by atoms with van der Waals surface area (Å²) in [5.74, 6) is 1.91. The van der Waals surface area contributed by atoms with E-state index in [0.29, 0.717) is 76.9 Å². The fourth-order valence-electron chi connectivity index (χ4n) is 8.44. The molecule has 0 N–H and O–H groups in total. The van der Waals surface area contributed by atoms with Gasteiger partial charge in [-0.1, -0.05) is 0 Å². The van der Waals surface area contributed by atoms with Crippen molar-refractivity contribution in [1.29, 1.82) is 0 Å². The molecule has 8 rings (SSSR count). The number of hydrogen-bond acceptors (Lipinski definition) is 8. The van der Waals surface area contributed by atoms with E-state index in [1.54, 1.807) is 0 Å². The molecule has 4 heterocycles. The number of morpholine rings is 2. The van der Waals surface area contributed by atoms with E-state index in [4.69, 9.17) is 18.9 Å². The highest BCUT2D eigenvalue weighted by molar-refractivity contribution is 5.95. The summed E-state index contributed by atoms with van der Waals surface area (Å²) in [5, 5.41) is 0. The van der Waals surface area contributed by atoms with Crippen molar-refractivity contribution in [3.8, 4) is 11.5 Å². The molecule has 0 radical (unpaired) electrons. The second kappa shape index (κ2) is 16.4. The maximum atomic E-state index is 12.4. The van der Waals surface area contributed by atoms with Crippen LogP contribution in [-0.2, 0) is 9.47 Å². The minimum Gasteiger partial charge on any atom is -0.490 e. The average molecular weight is 689 g/mol. The van der Waals surface area contributed by atoms with Crippen molar-refractivity contribution in [2.75, 3.05) is 65.7 Å². The highest BCUT2D eigenvalue weighted by Gasteiger charge is 2.39. The molecule has 2 saturated carbocycles. The predicted octanol–water partition coefficient (Wildman–Crippen LogP) is 5.11. The minimum atomic E-state index is 0.0848. The Balaban J connectivity index is 0.000000157. The third kappa shape index (κ3) is 8.47. The second-order valence-electron chi connectivity index (χ2n) is 15.0. The number of rotatable bonds is 8. The first-order valence-electron chi connectivity index (χ1n) is 19.2. The quantitative estimate of drug-likeness (QED) is 0.379. The highest BCUT2D eigenvalue weighted by atomic mass is 16.5. The van der Waals surface area contributed by atoms with Crippen molar-refractivity contribution in [1.82, 2.24) is 19.6 Å². The van der Waals surface area contributed by atoms with Crippen LogP contribution in [0, 0.1) is 0 Å². The summed E-state index contributed by atoms with van der Waals surface area (Å²) >= 11 is 0. The maximum absolute atomic E-state index is 12.4. The molecule has 0 spiro atoms. The van der Waals surface area contributed by atoms with Crippen LogP contribution in [0.25, 0.3) is 0 Å². The van der Waals surface area contributed by atoms with Gasteiger partial charge in [0.15, 0.2) is 0 Å². The van der Waals surface area contributed by atoms with Crippen LogP contribution >= 0.6 is 0 Å². The number of hydrogen-bond donors (Lipinski definition) is 0. The molecule has 0 aromatic heterocycles. The van der Waals surface area contributed by atoms with Crippen LogP contribution in [0.3, 0.4) is 0 Å². The zero-order chi connectivity index (χ0) is 34.5. The summed E-state index contributed by atoms with van der Waals surface area (Å²) < 4.78 is 22.8. The molecule has 6 aliphatic rings. The molecule has 2 aromatic rings. The van der Waals surface area contributed by atoms with Crippen LogP contribution in [0.15, 0.2) is 48.5 Å². The van der Waals surface area contributed by atoms with Crippen LogP contribution in [0.5, 0.6) is 11.5 Å². The van der Waals surface area contributed by atoms with Gasteiger partial charge in [0.05, 0.1) is 26.4 Å². The molecule has 2 amide bonds. The topological polar surface area (TPSA) is 84.0 Å². The van der Waals surface area contributed by atoms with Gasteiger partial charge in [0.2, 0.25) is 0 Å². The minimum absolute atomic E-state index is 0.0848. The number of nitrogens with zero attached hydrogens (tertiary/aromatic N) is 4. The van der Waals surface area contributed by atoms with Gasteiger partial charge in [0, 0.05) is 87.2 Å². The summed E-state index contributed by atoms with van der Waals surface area (Å²) in [6.45, 7) is 12.4. The Morgan fingerprint density at radius 1 is 0.560 bits per heavy atom. The lowest BCUT2D eigenvalue weighted by atomic mass is 9.87. The first kappa shape index (κ1) is 35.2. The molecule has 2 aromatic carbocycles. The zero-order valence-electron chi connectivity index (χ0n) is 30.0. The molecule has 50 heavy (non-hydrogen) atoms. The molecule has 272 valence electrons. The van der Waals surface area contributed by atoms with E-state index in [9.17, 15) is 9.59 Å². The molecule has 2 aliphatic carbocycles. The van der Waals surface area contributed by atoms with E-state index < -0.39 is 0 Å². The summed E-state index contributed by atoms with van der Waals surface area (Å²) in [6.07, 6.45) is 10.5. The van der Waals surface area contributed by atoms with Gasteiger partial charge in [-0.3, -0.25) is 19.4 Å². The summed E-state index contributed by atoms with van der Waals surface area (Å²) in [4.78, 5) is 33.9. The maximum Gasteiger partial charge on any atom is 0.254 e. The van der Waals surface area contributed by atoms with Gasteiger partial charge in [-0.2, -0.15) is 0 Å². The Hall–Kier alpha value is -3.18. The molecule has 6 fully saturated rings. The fraction of sp³-hybridized carbons (Fsp3) is 0.650. The molecule has 10 nitrogen and oxygen atoms in total. The molecular weight excluding hydrogens is 632 g/mol. The Labute approximate surface area is 297 Å². The monoisotopic (exact) mass is 688 g/mol. The summed E-state index contributed by atoms with van der Waals surface area (Å²) in [5.41, 5.74) is 1.46. The summed E-state index contributed by atoms with van der Waals surface area (Å²) in [6, 6.07) is 18.1. The van der Waals surface area contributed by atoms with E-state index >= 15 is 0 Å². The van der Waals surface area contributed by atoms with Crippen LogP contribution in [0.1, 0.15) is 85.9 Å². The Kier molecular flexibility index (Phi) is 11.6. The van der Waals surface area contributed by atoms with E-state index in [1.165, 1.54) is 38.8 Å². The van der Waals surface area contributed by atoms with Gasteiger partial charge in [-0.25, -0.2) is 0 Å². The van der Waals surface area contributed by atoms with Gasteiger partial charge in [-0.15, -0.1) is 0 Å². The van der Waals surface area contributed by atoms with Gasteiger partial charge in [0.1, 0.15) is 23.7 Å². The van der Waals surface area contributed by atoms with Crippen LogP contribution in [0.2, 0.25) is 0 Å². The molecule has 0 unspecified atom stereocenters. The zero-order valence-corrected chi connectivity index (χ0v) is 30.0. The van der Waals surface area contributed by atoms with E-state index in [2.05, 4.69) is 23.6 Å². The SMILES string of the molecule is C[C@@H]1CCCN1[C@H]1C[C@H](Oc2ccc(C(=O)N3CCOCC3)cc2)C1.C[C@H]1CCCN1[C@H]1C[C@H](Oc2ccc(C(=O)N3CCOCC3)cc2)C1. The first-order valence-corrected chi connectivity index (χ1v) is 19.2. The Bertz CT molecular complexity index is 1290. The van der Waals surface area contributed by atoms with Crippen LogP contribution in [-0.4, -0.2) is 133 Å². The normalized spacial score (nSPS) is 30.1. The van der Waals surface area contributed by atoms with Crippen molar-refractivity contribution < 1.29 is 28.5 Å². The largest absolute Gasteiger partial charge is 0.490 e. The number of carbonyl (C=O) groups excluding carboxylic acids is 2. The number of amides is 2.